The summed E-state index contributed by atoms with van der Waals surface area (Å²) in [4.78, 5) is 21.6. The molecule has 0 aliphatic rings. The van der Waals surface area contributed by atoms with E-state index < -0.39 is 16.6 Å². The first-order valence-electron chi connectivity index (χ1n) is 5.36. The van der Waals surface area contributed by atoms with Crippen LogP contribution >= 0.6 is 0 Å². The fourth-order valence-corrected chi connectivity index (χ4v) is 1.20. The van der Waals surface area contributed by atoms with Gasteiger partial charge in [-0.1, -0.05) is 6.07 Å². The van der Waals surface area contributed by atoms with Gasteiger partial charge in [-0.25, -0.2) is 4.79 Å². The Morgan fingerprint density at radius 2 is 2.06 bits per heavy atom. The van der Waals surface area contributed by atoms with E-state index in [1.165, 1.54) is 6.07 Å². The zero-order valence-electron chi connectivity index (χ0n) is 10.7. The van der Waals surface area contributed by atoms with Gasteiger partial charge in [-0.3, -0.25) is 15.4 Å². The number of nitrogens with one attached hydrogen (secondary N) is 1. The third-order valence-electron chi connectivity index (χ3n) is 1.96. The number of aryl methyl sites for hydroxylation is 1. The zero-order chi connectivity index (χ0) is 13.9. The van der Waals surface area contributed by atoms with E-state index >= 15 is 0 Å². The van der Waals surface area contributed by atoms with Gasteiger partial charge < -0.3 is 4.74 Å². The molecule has 0 spiro atoms. The molecule has 0 heterocycles. The fourth-order valence-electron chi connectivity index (χ4n) is 1.20. The highest BCUT2D eigenvalue weighted by Crippen LogP contribution is 2.21. The standard InChI is InChI=1S/C12H15N2O4/c1-8-5-6-9(14(16)17)7-10(8)13-11(15)18-12(2,3)4/h5-6H,1-4H3,(H,13,15). The van der Waals surface area contributed by atoms with Gasteiger partial charge in [0.05, 0.1) is 16.7 Å². The number of hydrogen-bond donors (Lipinski definition) is 1. The van der Waals surface area contributed by atoms with E-state index in [1.807, 2.05) is 0 Å². The highest BCUT2D eigenvalue weighted by molar-refractivity contribution is 5.86. The number of non-ortho nitro benzene ring substituents is 1. The van der Waals surface area contributed by atoms with Gasteiger partial charge in [0, 0.05) is 6.07 Å². The van der Waals surface area contributed by atoms with Crippen LogP contribution in [0.4, 0.5) is 16.2 Å². The molecule has 0 bridgehead atoms. The number of carbonyl (C=O) groups is 1. The van der Waals surface area contributed by atoms with Crippen molar-refractivity contribution in [1.29, 1.82) is 0 Å². The molecule has 1 aromatic rings. The first kappa shape index (κ1) is 14.0. The maximum Gasteiger partial charge on any atom is 0.412 e. The molecular formula is C12H15N2O4. The highest BCUT2D eigenvalue weighted by Gasteiger charge is 2.18. The van der Waals surface area contributed by atoms with Gasteiger partial charge in [-0.05, 0) is 33.3 Å². The lowest BCUT2D eigenvalue weighted by atomic mass is 10.2. The summed E-state index contributed by atoms with van der Waals surface area (Å²) in [6.45, 7) is 6.91. The second-order valence-electron chi connectivity index (χ2n) is 4.79. The molecule has 6 nitrogen and oxygen atoms in total. The van der Waals surface area contributed by atoms with Gasteiger partial charge in [0.2, 0.25) is 0 Å². The molecule has 0 aliphatic carbocycles. The van der Waals surface area contributed by atoms with Crippen molar-refractivity contribution < 1.29 is 14.5 Å². The van der Waals surface area contributed by atoms with Crippen LogP contribution < -0.4 is 5.32 Å². The molecule has 0 saturated carbocycles. The minimum absolute atomic E-state index is 0.202. The van der Waals surface area contributed by atoms with Crippen molar-refractivity contribution in [3.05, 3.63) is 33.9 Å². The molecule has 0 fully saturated rings. The average Bonchev–Trinajstić information content (AvgIpc) is 2.18. The van der Waals surface area contributed by atoms with Gasteiger partial charge >= 0.3 is 6.09 Å². The van der Waals surface area contributed by atoms with Crippen LogP contribution in [-0.4, -0.2) is 16.6 Å². The van der Waals surface area contributed by atoms with Gasteiger partial charge in [0.1, 0.15) is 5.60 Å². The average molecular weight is 251 g/mol. The molecule has 1 N–H and O–H groups in total. The first-order chi connectivity index (χ1) is 8.19. The van der Waals surface area contributed by atoms with Crippen LogP contribution in [-0.2, 0) is 4.74 Å². The van der Waals surface area contributed by atoms with Gasteiger partial charge in [-0.15, -0.1) is 0 Å². The molecule has 0 atom stereocenters. The summed E-state index contributed by atoms with van der Waals surface area (Å²) < 4.78 is 5.06. The summed E-state index contributed by atoms with van der Waals surface area (Å²) in [5, 5.41) is 13.1. The molecule has 0 unspecified atom stereocenters. The predicted molar refractivity (Wildman–Crippen MR) is 66.5 cm³/mol. The number of amides is 1. The third-order valence-corrected chi connectivity index (χ3v) is 1.96. The monoisotopic (exact) mass is 251 g/mol. The number of anilines is 1. The van der Waals surface area contributed by atoms with E-state index in [1.54, 1.807) is 33.8 Å². The largest absolute Gasteiger partial charge is 0.444 e. The third kappa shape index (κ3) is 4.04. The number of carbonyl (C=O) groups excluding carboxylic acids is 1. The van der Waals surface area contributed by atoms with Crippen molar-refractivity contribution in [3.63, 3.8) is 0 Å². The molecule has 6 heteroatoms. The van der Waals surface area contributed by atoms with E-state index in [-0.39, 0.29) is 11.4 Å². The van der Waals surface area contributed by atoms with Gasteiger partial charge in [-0.2, -0.15) is 0 Å². The molecule has 18 heavy (non-hydrogen) atoms. The van der Waals surface area contributed by atoms with E-state index in [9.17, 15) is 14.9 Å². The van der Waals surface area contributed by atoms with Crippen molar-refractivity contribution in [2.45, 2.75) is 33.3 Å². The number of rotatable bonds is 2. The minimum Gasteiger partial charge on any atom is -0.444 e. The van der Waals surface area contributed by atoms with E-state index in [2.05, 4.69) is 11.4 Å². The Balaban J connectivity index is 2.87. The number of benzene rings is 1. The Hall–Kier alpha value is -2.11. The summed E-state index contributed by atoms with van der Waals surface area (Å²) >= 11 is 0. The summed E-state index contributed by atoms with van der Waals surface area (Å²) in [7, 11) is 0. The Kier molecular flexibility index (Phi) is 3.90. The number of nitrogens with zero attached hydrogens (tertiary/aromatic N) is 1. The summed E-state index contributed by atoms with van der Waals surface area (Å²) in [6.07, 6.45) is -0.664. The van der Waals surface area contributed by atoms with Crippen molar-refractivity contribution in [3.8, 4) is 0 Å². The molecule has 1 radical (unpaired) electrons. The van der Waals surface area contributed by atoms with E-state index in [0.29, 0.717) is 5.56 Å². The molecule has 0 aromatic heterocycles. The first-order valence-corrected chi connectivity index (χ1v) is 5.36. The number of hydrogen-bond acceptors (Lipinski definition) is 4. The van der Waals surface area contributed by atoms with Crippen LogP contribution in [0.5, 0.6) is 0 Å². The van der Waals surface area contributed by atoms with Gasteiger partial charge in [0.25, 0.3) is 5.69 Å². The second-order valence-corrected chi connectivity index (χ2v) is 4.79. The number of ether oxygens (including phenoxy) is 1. The lowest BCUT2D eigenvalue weighted by Crippen LogP contribution is -2.27. The summed E-state index contributed by atoms with van der Waals surface area (Å²) in [5.41, 5.74) is 0.0928. The Morgan fingerprint density at radius 1 is 1.44 bits per heavy atom. The van der Waals surface area contributed by atoms with Crippen molar-refractivity contribution in [1.82, 2.24) is 0 Å². The van der Waals surface area contributed by atoms with Crippen LogP contribution in [0, 0.1) is 23.1 Å². The minimum atomic E-state index is -0.664. The number of nitro groups is 1. The molecule has 1 aromatic carbocycles. The Morgan fingerprint density at radius 3 is 2.56 bits per heavy atom. The van der Waals surface area contributed by atoms with Crippen LogP contribution in [0.2, 0.25) is 0 Å². The van der Waals surface area contributed by atoms with Crippen LogP contribution in [0.25, 0.3) is 0 Å². The Bertz CT molecular complexity index is 477. The SMILES string of the molecule is Cc1ccc([N+](=O)[O-])[c]c1NC(=O)OC(C)(C)C. The highest BCUT2D eigenvalue weighted by atomic mass is 16.6. The van der Waals surface area contributed by atoms with Crippen LogP contribution in [0.3, 0.4) is 0 Å². The van der Waals surface area contributed by atoms with Crippen molar-refractivity contribution in [2.24, 2.45) is 0 Å². The topological polar surface area (TPSA) is 81.5 Å². The summed E-state index contributed by atoms with van der Waals surface area (Å²) in [6, 6.07) is 5.39. The quantitative estimate of drug-likeness (QED) is 0.647. The maximum atomic E-state index is 11.5. The van der Waals surface area contributed by atoms with Crippen LogP contribution in [0.15, 0.2) is 12.1 Å². The summed E-state index contributed by atoms with van der Waals surface area (Å²) in [5.74, 6) is 0. The van der Waals surface area contributed by atoms with Crippen LogP contribution in [0.1, 0.15) is 26.3 Å². The smallest absolute Gasteiger partial charge is 0.412 e. The maximum absolute atomic E-state index is 11.5. The fraction of sp³-hybridized carbons (Fsp3) is 0.417. The lowest BCUT2D eigenvalue weighted by molar-refractivity contribution is -0.385. The molecule has 1 amide bonds. The normalized spacial score (nSPS) is 10.9. The Labute approximate surface area is 105 Å². The van der Waals surface area contributed by atoms with Crippen molar-refractivity contribution >= 4 is 17.5 Å². The van der Waals surface area contributed by atoms with E-state index in [4.69, 9.17) is 4.74 Å². The number of nitro benzene ring substituents is 1. The molecule has 0 saturated heterocycles. The van der Waals surface area contributed by atoms with E-state index in [0.717, 1.165) is 0 Å². The van der Waals surface area contributed by atoms with Crippen molar-refractivity contribution in [2.75, 3.05) is 5.32 Å². The predicted octanol–water partition coefficient (Wildman–Crippen LogP) is 3.05. The zero-order valence-corrected chi connectivity index (χ0v) is 10.7. The molecule has 0 aliphatic heterocycles. The lowest BCUT2D eigenvalue weighted by Gasteiger charge is -2.20. The molecule has 97 valence electrons. The molecular weight excluding hydrogens is 236 g/mol. The molecule has 1 rings (SSSR count). The van der Waals surface area contributed by atoms with Gasteiger partial charge in [0.15, 0.2) is 0 Å². The second kappa shape index (κ2) is 5.03.